The average molecular weight is 480 g/mol. The van der Waals surface area contributed by atoms with E-state index in [9.17, 15) is 14.0 Å². The molecule has 0 atom stereocenters. The SMILES string of the molecule is C=C(CCOC)C(=O)n1ccc(N2CCCc3cc(C(=O)N4CCC/C(=C\F)C4)cnc32)cc1=N. The van der Waals surface area contributed by atoms with Crippen LogP contribution in [0.15, 0.2) is 54.6 Å². The monoisotopic (exact) mass is 479 g/mol. The van der Waals surface area contributed by atoms with Gasteiger partial charge in [-0.1, -0.05) is 6.58 Å². The van der Waals surface area contributed by atoms with Gasteiger partial charge in [-0.2, -0.15) is 0 Å². The molecule has 184 valence electrons. The smallest absolute Gasteiger partial charge is 0.258 e. The summed E-state index contributed by atoms with van der Waals surface area (Å²) in [6.07, 6.45) is 7.23. The molecule has 0 spiro atoms. The largest absolute Gasteiger partial charge is 0.384 e. The second-order valence-electron chi connectivity index (χ2n) is 8.85. The fraction of sp³-hybridized carbons (Fsp3) is 0.385. The predicted molar refractivity (Wildman–Crippen MR) is 130 cm³/mol. The Balaban J connectivity index is 1.55. The number of methoxy groups -OCH3 is 1. The minimum atomic E-state index is -0.331. The van der Waals surface area contributed by atoms with Crippen LogP contribution in [-0.2, 0) is 11.2 Å². The van der Waals surface area contributed by atoms with Crippen molar-refractivity contribution >= 4 is 23.3 Å². The molecule has 35 heavy (non-hydrogen) atoms. The van der Waals surface area contributed by atoms with Gasteiger partial charge >= 0.3 is 0 Å². The van der Waals surface area contributed by atoms with Crippen LogP contribution >= 0.6 is 0 Å². The van der Waals surface area contributed by atoms with E-state index in [1.54, 1.807) is 36.5 Å². The number of likely N-dealkylation sites (tertiary alicyclic amines) is 1. The van der Waals surface area contributed by atoms with E-state index >= 15 is 0 Å². The van der Waals surface area contributed by atoms with E-state index in [4.69, 9.17) is 10.1 Å². The lowest BCUT2D eigenvalue weighted by Crippen LogP contribution is -2.37. The summed E-state index contributed by atoms with van der Waals surface area (Å²) >= 11 is 0. The molecule has 2 aliphatic rings. The van der Waals surface area contributed by atoms with Crippen LogP contribution in [0.1, 0.15) is 46.4 Å². The molecule has 0 saturated carbocycles. The third-order valence-corrected chi connectivity index (χ3v) is 6.41. The fourth-order valence-electron chi connectivity index (χ4n) is 4.51. The highest BCUT2D eigenvalue weighted by Gasteiger charge is 2.25. The number of carbonyl (C=O) groups is 2. The number of amides is 1. The van der Waals surface area contributed by atoms with Crippen LogP contribution < -0.4 is 10.4 Å². The van der Waals surface area contributed by atoms with E-state index in [1.807, 2.05) is 11.0 Å². The molecule has 0 radical (unpaired) electrons. The van der Waals surface area contributed by atoms with Crippen LogP contribution in [0.4, 0.5) is 15.9 Å². The molecule has 0 unspecified atom stereocenters. The highest BCUT2D eigenvalue weighted by atomic mass is 19.1. The minimum Gasteiger partial charge on any atom is -0.384 e. The number of carbonyl (C=O) groups excluding carboxylic acids is 2. The molecule has 1 saturated heterocycles. The number of aromatic nitrogens is 2. The molecule has 1 amide bonds. The van der Waals surface area contributed by atoms with Crippen molar-refractivity contribution in [2.24, 2.45) is 0 Å². The van der Waals surface area contributed by atoms with Gasteiger partial charge in [-0.25, -0.2) is 9.37 Å². The van der Waals surface area contributed by atoms with Gasteiger partial charge in [0.05, 0.1) is 18.5 Å². The molecule has 0 aliphatic carbocycles. The third kappa shape index (κ3) is 5.24. The zero-order chi connectivity index (χ0) is 24.9. The maximum Gasteiger partial charge on any atom is 0.258 e. The van der Waals surface area contributed by atoms with Gasteiger partial charge in [0.2, 0.25) is 0 Å². The number of nitrogens with zero attached hydrogens (tertiary/aromatic N) is 4. The number of fused-ring (bicyclic) bond motifs is 1. The van der Waals surface area contributed by atoms with Gasteiger partial charge in [0.15, 0.2) is 0 Å². The molecule has 1 fully saturated rings. The lowest BCUT2D eigenvalue weighted by Gasteiger charge is -2.31. The molecule has 2 aromatic heterocycles. The first-order valence-corrected chi connectivity index (χ1v) is 11.8. The van der Waals surface area contributed by atoms with Crippen LogP contribution in [-0.4, -0.2) is 59.6 Å². The Morgan fingerprint density at radius 2 is 2.06 bits per heavy atom. The Labute approximate surface area is 203 Å². The number of anilines is 2. The van der Waals surface area contributed by atoms with Gasteiger partial charge in [0.25, 0.3) is 11.8 Å². The Hall–Kier alpha value is -3.59. The van der Waals surface area contributed by atoms with Gasteiger partial charge in [-0.15, -0.1) is 0 Å². The van der Waals surface area contributed by atoms with Gasteiger partial charge in [-0.05, 0) is 49.0 Å². The molecule has 4 heterocycles. The summed E-state index contributed by atoms with van der Waals surface area (Å²) < 4.78 is 19.2. The number of ether oxygens (including phenoxy) is 1. The maximum atomic E-state index is 13.0. The number of aryl methyl sites for hydroxylation is 1. The lowest BCUT2D eigenvalue weighted by molar-refractivity contribution is 0.0750. The molecule has 1 N–H and O–H groups in total. The molecular weight excluding hydrogens is 449 g/mol. The molecule has 9 heteroatoms. The van der Waals surface area contributed by atoms with Crippen molar-refractivity contribution in [2.45, 2.75) is 32.1 Å². The Morgan fingerprint density at radius 3 is 2.80 bits per heavy atom. The van der Waals surface area contributed by atoms with E-state index in [0.29, 0.717) is 62.1 Å². The standard InChI is InChI=1S/C26H30FN5O3/c1-18(8-12-35-2)25(33)32-11-7-22(14-23(32)28)31-10-4-6-20-13-21(16-29-24(20)31)26(34)30-9-3-5-19(15-27)17-30/h7,11,13-16,28H,1,3-6,8-10,12,17H2,2H3/b19-15+,28-23?. The highest BCUT2D eigenvalue weighted by molar-refractivity contribution is 5.95. The number of piperidine rings is 1. The first kappa shape index (κ1) is 24.5. The Kier molecular flexibility index (Phi) is 7.55. The quantitative estimate of drug-likeness (QED) is 0.637. The fourth-order valence-corrected chi connectivity index (χ4v) is 4.51. The summed E-state index contributed by atoms with van der Waals surface area (Å²) in [5.74, 6) is 0.268. The predicted octanol–water partition coefficient (Wildman–Crippen LogP) is 3.77. The van der Waals surface area contributed by atoms with Gasteiger partial charge in [0.1, 0.15) is 11.3 Å². The zero-order valence-electron chi connectivity index (χ0n) is 19.9. The average Bonchev–Trinajstić information content (AvgIpc) is 2.90. The van der Waals surface area contributed by atoms with Gasteiger partial charge < -0.3 is 14.5 Å². The minimum absolute atomic E-state index is 0.0480. The van der Waals surface area contributed by atoms with Crippen LogP contribution in [0.2, 0.25) is 0 Å². The Morgan fingerprint density at radius 1 is 1.26 bits per heavy atom. The molecule has 2 aromatic rings. The zero-order valence-corrected chi connectivity index (χ0v) is 19.9. The maximum absolute atomic E-state index is 13.0. The normalized spacial score (nSPS) is 16.8. The molecular formula is C26H30FN5O3. The summed E-state index contributed by atoms with van der Waals surface area (Å²) in [6, 6.07) is 5.29. The number of halogens is 1. The van der Waals surface area contributed by atoms with E-state index < -0.39 is 0 Å². The van der Waals surface area contributed by atoms with Gasteiger partial charge in [-0.3, -0.25) is 19.6 Å². The van der Waals surface area contributed by atoms with Gasteiger partial charge in [0, 0.05) is 62.9 Å². The van der Waals surface area contributed by atoms with E-state index in [-0.39, 0.29) is 17.3 Å². The summed E-state index contributed by atoms with van der Waals surface area (Å²) in [6.45, 7) is 5.83. The van der Waals surface area contributed by atoms with E-state index in [1.165, 1.54) is 4.57 Å². The van der Waals surface area contributed by atoms with Crippen LogP contribution in [0.3, 0.4) is 0 Å². The summed E-state index contributed by atoms with van der Waals surface area (Å²) in [5, 5.41) is 8.39. The first-order chi connectivity index (χ1) is 16.9. The van der Waals surface area contributed by atoms with Crippen LogP contribution in [0.5, 0.6) is 0 Å². The topological polar surface area (TPSA) is 91.5 Å². The molecule has 0 bridgehead atoms. The second kappa shape index (κ2) is 10.8. The summed E-state index contributed by atoms with van der Waals surface area (Å²) in [7, 11) is 1.56. The molecule has 2 aliphatic heterocycles. The van der Waals surface area contributed by atoms with Crippen molar-refractivity contribution in [2.75, 3.05) is 38.3 Å². The molecule has 8 nitrogen and oxygen atoms in total. The Bertz CT molecular complexity index is 1240. The summed E-state index contributed by atoms with van der Waals surface area (Å²) in [5.41, 5.74) is 3.26. The van der Waals surface area contributed by atoms with Crippen molar-refractivity contribution in [1.82, 2.24) is 14.5 Å². The number of nitrogens with one attached hydrogen (secondary N) is 1. The molecule has 4 rings (SSSR count). The van der Waals surface area contributed by atoms with Crippen molar-refractivity contribution in [3.63, 3.8) is 0 Å². The first-order valence-electron chi connectivity index (χ1n) is 11.8. The second-order valence-corrected chi connectivity index (χ2v) is 8.85. The number of hydrogen-bond acceptors (Lipinski definition) is 6. The van der Waals surface area contributed by atoms with Crippen LogP contribution in [0, 0.1) is 5.41 Å². The molecule has 0 aromatic carbocycles. The summed E-state index contributed by atoms with van der Waals surface area (Å²) in [4.78, 5) is 33.9. The van der Waals surface area contributed by atoms with Crippen molar-refractivity contribution in [3.8, 4) is 0 Å². The number of rotatable bonds is 6. The van der Waals surface area contributed by atoms with Crippen LogP contribution in [0.25, 0.3) is 0 Å². The van der Waals surface area contributed by atoms with Crippen molar-refractivity contribution in [3.05, 3.63) is 71.3 Å². The highest BCUT2D eigenvalue weighted by Crippen LogP contribution is 2.32. The van der Waals surface area contributed by atoms with E-state index in [2.05, 4.69) is 11.6 Å². The van der Waals surface area contributed by atoms with Crippen molar-refractivity contribution < 1.29 is 18.7 Å². The van der Waals surface area contributed by atoms with E-state index in [0.717, 1.165) is 36.3 Å². The number of pyridine rings is 2. The number of hydrogen-bond donors (Lipinski definition) is 1. The lowest BCUT2D eigenvalue weighted by atomic mass is 10.0. The van der Waals surface area contributed by atoms with Crippen molar-refractivity contribution in [1.29, 1.82) is 5.41 Å². The third-order valence-electron chi connectivity index (χ3n) is 6.41.